The van der Waals surface area contributed by atoms with E-state index in [-0.39, 0.29) is 0 Å². The highest BCUT2D eigenvalue weighted by Gasteiger charge is 1.45. The summed E-state index contributed by atoms with van der Waals surface area (Å²) in [6, 6.07) is 0. The third-order valence-electron chi connectivity index (χ3n) is 0.651. The minimum Gasteiger partial charge on any atom is -0.202 e. The van der Waals surface area contributed by atoms with E-state index < -0.39 is 0 Å². The molecule has 0 heterocycles. The van der Waals surface area contributed by atoms with Crippen LogP contribution in [0, 0.1) is 41.6 Å². The lowest BCUT2D eigenvalue weighted by molar-refractivity contribution is 1.92. The van der Waals surface area contributed by atoms with Crippen molar-refractivity contribution in [1.29, 1.82) is 0 Å². The molecule has 0 radical (unpaired) electrons. The monoisotopic (exact) mass is 149 g/mol. The maximum atomic E-state index is 3.29. The van der Waals surface area contributed by atoms with Crippen molar-refractivity contribution in [3.05, 3.63) is 29.8 Å². The van der Waals surface area contributed by atoms with Crippen molar-refractivity contribution in [1.82, 2.24) is 0 Å². The van der Waals surface area contributed by atoms with Crippen LogP contribution < -0.4 is 0 Å². The normalized spacial score (nSPS) is 4.08. The Hall–Kier alpha value is -2.24. The van der Waals surface area contributed by atoms with E-state index in [1.165, 1.54) is 0 Å². The molecule has 0 fully saturated rings. The smallest absolute Gasteiger partial charge is 0.00168 e. The summed E-state index contributed by atoms with van der Waals surface area (Å²) in [5.41, 5.74) is 7.30. The highest BCUT2D eigenvalue weighted by molar-refractivity contribution is 5.36. The van der Waals surface area contributed by atoms with Gasteiger partial charge in [-0.1, -0.05) is 24.5 Å². The number of allylic oxidation sites excluding steroid dienone is 1. The van der Waals surface area contributed by atoms with Crippen LogP contribution in [0.15, 0.2) is 23.8 Å². The minimum absolute atomic E-state index is 1.71. The number of hydrogen-bond acceptors (Lipinski definition) is 0. The van der Waals surface area contributed by atoms with Crippen LogP contribution in [0.2, 0.25) is 0 Å². The summed E-state index contributed by atoms with van der Waals surface area (Å²) in [6.07, 6.45) is 2.49. The van der Waals surface area contributed by atoms with Crippen molar-refractivity contribution >= 4 is 0 Å². The maximum Gasteiger partial charge on any atom is -0.00168 e. The molecule has 0 aliphatic carbocycles. The fourth-order valence-electron chi connectivity index (χ4n) is 0.294. The Morgan fingerprint density at radius 3 is 2.50 bits per heavy atom. The minimum atomic E-state index is 1.71. The second-order valence-electron chi connectivity index (χ2n) is 1.43. The second-order valence-corrected chi connectivity index (χ2v) is 1.43. The van der Waals surface area contributed by atoms with Gasteiger partial charge in [-0.25, -0.2) is 11.7 Å². The van der Waals surface area contributed by atoms with E-state index in [2.05, 4.69) is 65.4 Å². The standard InChI is InChI=1S/C12H5/c1-3-5-7-9-11-12-10-8-6-4-2/h1H2,2H3/q-1. The van der Waals surface area contributed by atoms with Gasteiger partial charge in [-0.2, -0.15) is 11.7 Å². The van der Waals surface area contributed by atoms with Crippen LogP contribution in [-0.4, -0.2) is 0 Å². The zero-order valence-corrected chi connectivity index (χ0v) is 6.71. The summed E-state index contributed by atoms with van der Waals surface area (Å²) in [4.78, 5) is 0. The van der Waals surface area contributed by atoms with Crippen molar-refractivity contribution in [2.24, 2.45) is 0 Å². The van der Waals surface area contributed by atoms with Crippen molar-refractivity contribution in [3.8, 4) is 35.5 Å². The Bertz CT molecular complexity index is 425. The average molecular weight is 149 g/mol. The molecular formula is C12H5-. The molecule has 0 rings (SSSR count). The van der Waals surface area contributed by atoms with E-state index in [1.807, 2.05) is 0 Å². The Morgan fingerprint density at radius 2 is 1.83 bits per heavy atom. The summed E-state index contributed by atoms with van der Waals surface area (Å²) >= 11 is 0. The van der Waals surface area contributed by atoms with Crippen LogP contribution in [0.5, 0.6) is 0 Å². The third kappa shape index (κ3) is 7.76. The van der Waals surface area contributed by atoms with Gasteiger partial charge in [-0.05, 0) is 18.8 Å². The van der Waals surface area contributed by atoms with Gasteiger partial charge in [0.25, 0.3) is 0 Å². The van der Waals surface area contributed by atoms with E-state index in [4.69, 9.17) is 0 Å². The first kappa shape index (κ1) is 9.76. The molecule has 0 saturated heterocycles. The number of hydrogen-bond donors (Lipinski definition) is 0. The first-order valence-electron chi connectivity index (χ1n) is 3.10. The topological polar surface area (TPSA) is 0 Å². The van der Waals surface area contributed by atoms with Crippen LogP contribution >= 0.6 is 0 Å². The summed E-state index contributed by atoms with van der Waals surface area (Å²) in [7, 11) is 0. The molecule has 0 aromatic rings. The summed E-state index contributed by atoms with van der Waals surface area (Å²) < 4.78 is 0. The molecule has 0 atom stereocenters. The van der Waals surface area contributed by atoms with E-state index >= 15 is 0 Å². The van der Waals surface area contributed by atoms with Crippen LogP contribution in [-0.2, 0) is 0 Å². The van der Waals surface area contributed by atoms with Gasteiger partial charge in [-0.3, -0.25) is 0 Å². The zero-order chi connectivity index (χ0) is 9.07. The molecule has 0 aliphatic rings. The molecular weight excluding hydrogens is 144 g/mol. The van der Waals surface area contributed by atoms with Crippen LogP contribution in [0.1, 0.15) is 6.92 Å². The van der Waals surface area contributed by atoms with Crippen molar-refractivity contribution in [2.75, 3.05) is 0 Å². The molecule has 0 bridgehead atoms. The van der Waals surface area contributed by atoms with Crippen LogP contribution in [0.4, 0.5) is 0 Å². The summed E-state index contributed by atoms with van der Waals surface area (Å²) in [5.74, 6) is 15.2. The quantitative estimate of drug-likeness (QED) is 0.278. The largest absolute Gasteiger partial charge is 0.202 e. The van der Waals surface area contributed by atoms with Gasteiger partial charge in [0, 0.05) is 0 Å². The molecule has 0 amide bonds. The van der Waals surface area contributed by atoms with Crippen molar-refractivity contribution < 1.29 is 0 Å². The summed E-state index contributed by atoms with van der Waals surface area (Å²) in [6.45, 7) is 5.00. The first-order valence-corrected chi connectivity index (χ1v) is 3.10. The SMILES string of the molecule is C=C=C=C=[C-]C#CC#CC#CC. The highest BCUT2D eigenvalue weighted by Crippen LogP contribution is 1.58. The molecule has 0 aromatic carbocycles. The molecule has 0 heteroatoms. The zero-order valence-electron chi connectivity index (χ0n) is 6.71. The Morgan fingerprint density at radius 1 is 1.08 bits per heavy atom. The van der Waals surface area contributed by atoms with Gasteiger partial charge in [-0.15, -0.1) is 5.73 Å². The van der Waals surface area contributed by atoms with Crippen LogP contribution in [0.3, 0.4) is 0 Å². The summed E-state index contributed by atoms with van der Waals surface area (Å²) in [5, 5.41) is 0. The first-order chi connectivity index (χ1) is 5.91. The molecule has 0 saturated carbocycles. The fraction of sp³-hybridized carbons (Fsp3) is 0.0833. The van der Waals surface area contributed by atoms with Gasteiger partial charge in [0.15, 0.2) is 0 Å². The lowest BCUT2D eigenvalue weighted by Gasteiger charge is -1.65. The Kier molecular flexibility index (Phi) is 7.12. The van der Waals surface area contributed by atoms with E-state index in [9.17, 15) is 0 Å². The Labute approximate surface area is 73.0 Å². The lowest BCUT2D eigenvalue weighted by atomic mass is 10.5. The average Bonchev–Trinajstić information content (AvgIpc) is 2.10. The highest BCUT2D eigenvalue weighted by atomic mass is 13.5. The molecule has 0 aromatic heterocycles. The molecule has 0 aliphatic heterocycles. The predicted molar refractivity (Wildman–Crippen MR) is 48.4 cm³/mol. The predicted octanol–water partition coefficient (Wildman–Crippen LogP) is 1.47. The van der Waals surface area contributed by atoms with E-state index in [0.717, 1.165) is 0 Å². The maximum absolute atomic E-state index is 3.29. The molecule has 0 spiro atoms. The van der Waals surface area contributed by atoms with Gasteiger partial charge in [0.05, 0.1) is 0 Å². The molecule has 0 unspecified atom stereocenters. The molecule has 0 nitrogen and oxygen atoms in total. The lowest BCUT2D eigenvalue weighted by Crippen LogP contribution is -1.51. The van der Waals surface area contributed by atoms with E-state index in [0.29, 0.717) is 0 Å². The van der Waals surface area contributed by atoms with E-state index in [1.54, 1.807) is 6.92 Å². The molecule has 12 heavy (non-hydrogen) atoms. The molecule has 54 valence electrons. The number of rotatable bonds is 0. The van der Waals surface area contributed by atoms with Crippen molar-refractivity contribution in [2.45, 2.75) is 6.92 Å². The second kappa shape index (κ2) is 8.76. The van der Waals surface area contributed by atoms with Gasteiger partial charge >= 0.3 is 0 Å². The van der Waals surface area contributed by atoms with Gasteiger partial charge in [0.2, 0.25) is 0 Å². The van der Waals surface area contributed by atoms with Gasteiger partial charge < -0.3 is 0 Å². The Balaban J connectivity index is 4.26. The molecule has 0 N–H and O–H groups in total. The van der Waals surface area contributed by atoms with Gasteiger partial charge in [0.1, 0.15) is 0 Å². The fourth-order valence-corrected chi connectivity index (χ4v) is 0.294. The third-order valence-corrected chi connectivity index (χ3v) is 0.651. The van der Waals surface area contributed by atoms with Crippen LogP contribution in [0.25, 0.3) is 0 Å². The van der Waals surface area contributed by atoms with Crippen molar-refractivity contribution in [3.63, 3.8) is 0 Å².